The van der Waals surface area contributed by atoms with Gasteiger partial charge in [-0.3, -0.25) is 14.7 Å². The highest BCUT2D eigenvalue weighted by atomic mass is 32.1. The molecule has 1 aliphatic rings. The van der Waals surface area contributed by atoms with E-state index in [1.54, 1.807) is 35.4 Å². The standard InChI is InChI=1S/C18H13N5O3S/c24-17(11-1-2-16(20-9-11)23-4-3-19-10-23)22-18-21-12-7-13-14(8-15(12)27-18)26-6-5-25-13/h1-4,7-10H,5-6H2,(H,21,22,24). The first kappa shape index (κ1) is 15.8. The minimum absolute atomic E-state index is 0.268. The van der Waals surface area contributed by atoms with Gasteiger partial charge in [-0.2, -0.15) is 0 Å². The van der Waals surface area contributed by atoms with E-state index in [4.69, 9.17) is 9.47 Å². The molecule has 0 bridgehead atoms. The maximum absolute atomic E-state index is 12.5. The van der Waals surface area contributed by atoms with E-state index in [9.17, 15) is 4.79 Å². The SMILES string of the molecule is O=C(Nc1nc2cc3c(cc2s1)OCCO3)c1ccc(-n2ccnc2)nc1. The van der Waals surface area contributed by atoms with E-state index >= 15 is 0 Å². The van der Waals surface area contributed by atoms with Crippen LogP contribution in [0.5, 0.6) is 11.5 Å². The number of nitrogens with one attached hydrogen (secondary N) is 1. The summed E-state index contributed by atoms with van der Waals surface area (Å²) < 4.78 is 13.8. The number of anilines is 1. The summed E-state index contributed by atoms with van der Waals surface area (Å²) in [6.45, 7) is 1.05. The lowest BCUT2D eigenvalue weighted by molar-refractivity contribution is 0.102. The molecule has 0 atom stereocenters. The van der Waals surface area contributed by atoms with Crippen LogP contribution in [-0.4, -0.2) is 38.6 Å². The number of amides is 1. The van der Waals surface area contributed by atoms with Crippen LogP contribution >= 0.6 is 11.3 Å². The quantitative estimate of drug-likeness (QED) is 0.589. The molecule has 1 aliphatic heterocycles. The number of ether oxygens (including phenoxy) is 2. The van der Waals surface area contributed by atoms with Gasteiger partial charge in [0.15, 0.2) is 16.6 Å². The summed E-state index contributed by atoms with van der Waals surface area (Å²) in [5.41, 5.74) is 1.21. The maximum atomic E-state index is 12.5. The van der Waals surface area contributed by atoms with Crippen LogP contribution in [0.1, 0.15) is 10.4 Å². The van der Waals surface area contributed by atoms with Crippen LogP contribution < -0.4 is 14.8 Å². The zero-order valence-electron chi connectivity index (χ0n) is 14.0. The van der Waals surface area contributed by atoms with Gasteiger partial charge in [0.25, 0.3) is 5.91 Å². The summed E-state index contributed by atoms with van der Waals surface area (Å²) in [4.78, 5) is 25.2. The van der Waals surface area contributed by atoms with Crippen LogP contribution in [0.3, 0.4) is 0 Å². The first-order chi connectivity index (χ1) is 13.3. The molecule has 9 heteroatoms. The van der Waals surface area contributed by atoms with Gasteiger partial charge in [-0.25, -0.2) is 15.0 Å². The summed E-state index contributed by atoms with van der Waals surface area (Å²) in [6, 6.07) is 7.19. The number of thiazole rings is 1. The third-order valence-electron chi connectivity index (χ3n) is 4.05. The second-order valence-corrected chi connectivity index (χ2v) is 6.84. The molecule has 5 rings (SSSR count). The molecule has 0 saturated heterocycles. The predicted molar refractivity (Wildman–Crippen MR) is 99.9 cm³/mol. The number of nitrogens with zero attached hydrogens (tertiary/aromatic N) is 4. The number of imidazole rings is 1. The minimum Gasteiger partial charge on any atom is -0.486 e. The number of hydrogen-bond donors (Lipinski definition) is 1. The van der Waals surface area contributed by atoms with Crippen LogP contribution in [0.15, 0.2) is 49.2 Å². The molecule has 1 aromatic carbocycles. The molecule has 0 unspecified atom stereocenters. The Bertz CT molecular complexity index is 1080. The number of hydrogen-bond acceptors (Lipinski definition) is 7. The van der Waals surface area contributed by atoms with Gasteiger partial charge >= 0.3 is 0 Å². The fourth-order valence-electron chi connectivity index (χ4n) is 2.76. The first-order valence-corrected chi connectivity index (χ1v) is 9.04. The van der Waals surface area contributed by atoms with E-state index in [0.717, 1.165) is 10.2 Å². The molecule has 4 heterocycles. The first-order valence-electron chi connectivity index (χ1n) is 8.22. The van der Waals surface area contributed by atoms with Gasteiger partial charge in [-0.05, 0) is 12.1 Å². The van der Waals surface area contributed by atoms with Crippen molar-refractivity contribution >= 4 is 32.6 Å². The summed E-state index contributed by atoms with van der Waals surface area (Å²) in [6.07, 6.45) is 6.63. The predicted octanol–water partition coefficient (Wildman–Crippen LogP) is 2.90. The molecule has 1 amide bonds. The Morgan fingerprint density at radius 3 is 2.78 bits per heavy atom. The average Bonchev–Trinajstić information content (AvgIpc) is 3.35. The lowest BCUT2D eigenvalue weighted by Gasteiger charge is -2.17. The smallest absolute Gasteiger partial charge is 0.259 e. The van der Waals surface area contributed by atoms with Crippen molar-refractivity contribution in [2.75, 3.05) is 18.5 Å². The summed E-state index contributed by atoms with van der Waals surface area (Å²) in [5, 5.41) is 3.33. The lowest BCUT2D eigenvalue weighted by Crippen LogP contribution is -2.15. The monoisotopic (exact) mass is 379 g/mol. The molecule has 0 saturated carbocycles. The molecular weight excluding hydrogens is 366 g/mol. The highest BCUT2D eigenvalue weighted by Gasteiger charge is 2.16. The van der Waals surface area contributed by atoms with Crippen molar-refractivity contribution in [1.82, 2.24) is 19.5 Å². The third-order valence-corrected chi connectivity index (χ3v) is 4.99. The fourth-order valence-corrected chi connectivity index (χ4v) is 3.63. The molecule has 27 heavy (non-hydrogen) atoms. The fraction of sp³-hybridized carbons (Fsp3) is 0.111. The van der Waals surface area contributed by atoms with E-state index in [1.165, 1.54) is 17.5 Å². The number of rotatable bonds is 3. The molecule has 3 aromatic heterocycles. The highest BCUT2D eigenvalue weighted by molar-refractivity contribution is 7.22. The zero-order chi connectivity index (χ0) is 18.2. The van der Waals surface area contributed by atoms with Gasteiger partial charge in [0.05, 0.1) is 15.8 Å². The van der Waals surface area contributed by atoms with Crippen LogP contribution in [0.2, 0.25) is 0 Å². The molecule has 1 N–H and O–H groups in total. The third kappa shape index (κ3) is 2.97. The van der Waals surface area contributed by atoms with Gasteiger partial charge in [0.2, 0.25) is 0 Å². The largest absolute Gasteiger partial charge is 0.486 e. The van der Waals surface area contributed by atoms with Crippen molar-refractivity contribution in [3.63, 3.8) is 0 Å². The number of fused-ring (bicyclic) bond motifs is 2. The van der Waals surface area contributed by atoms with Crippen molar-refractivity contribution in [2.45, 2.75) is 0 Å². The van der Waals surface area contributed by atoms with E-state index in [2.05, 4.69) is 20.3 Å². The Kier molecular flexibility index (Phi) is 3.72. The molecule has 0 aliphatic carbocycles. The van der Waals surface area contributed by atoms with E-state index < -0.39 is 0 Å². The number of carbonyl (C=O) groups excluding carboxylic acids is 1. The number of aromatic nitrogens is 4. The Morgan fingerprint density at radius 1 is 1.19 bits per heavy atom. The minimum atomic E-state index is -0.268. The van der Waals surface area contributed by atoms with Crippen molar-refractivity contribution < 1.29 is 14.3 Å². The van der Waals surface area contributed by atoms with Crippen molar-refractivity contribution in [3.05, 3.63) is 54.7 Å². The Balaban J connectivity index is 1.37. The van der Waals surface area contributed by atoms with Gasteiger partial charge in [-0.1, -0.05) is 11.3 Å². The molecule has 0 spiro atoms. The topological polar surface area (TPSA) is 91.2 Å². The van der Waals surface area contributed by atoms with E-state index in [0.29, 0.717) is 41.2 Å². The van der Waals surface area contributed by atoms with Crippen LogP contribution in [0.4, 0.5) is 5.13 Å². The summed E-state index contributed by atoms with van der Waals surface area (Å²) >= 11 is 1.38. The molecule has 4 aromatic rings. The number of carbonyl (C=O) groups is 1. The van der Waals surface area contributed by atoms with Crippen molar-refractivity contribution in [3.8, 4) is 17.3 Å². The van der Waals surface area contributed by atoms with Gasteiger partial charge in [0, 0.05) is 30.7 Å². The molecule has 0 fully saturated rings. The van der Waals surface area contributed by atoms with Crippen LogP contribution in [0.25, 0.3) is 16.0 Å². The molecule has 134 valence electrons. The maximum Gasteiger partial charge on any atom is 0.259 e. The average molecular weight is 379 g/mol. The van der Waals surface area contributed by atoms with Crippen molar-refractivity contribution in [1.29, 1.82) is 0 Å². The Hall–Kier alpha value is -3.46. The van der Waals surface area contributed by atoms with E-state index in [1.807, 2.05) is 12.1 Å². The van der Waals surface area contributed by atoms with Crippen molar-refractivity contribution in [2.24, 2.45) is 0 Å². The molecular formula is C18H13N5O3S. The normalized spacial score (nSPS) is 12.9. The van der Waals surface area contributed by atoms with Crippen LogP contribution in [-0.2, 0) is 0 Å². The summed E-state index contributed by atoms with van der Waals surface area (Å²) in [5.74, 6) is 1.80. The number of benzene rings is 1. The Labute approximate surface area is 157 Å². The molecule has 0 radical (unpaired) electrons. The van der Waals surface area contributed by atoms with Gasteiger partial charge in [-0.15, -0.1) is 0 Å². The zero-order valence-corrected chi connectivity index (χ0v) is 14.8. The summed E-state index contributed by atoms with van der Waals surface area (Å²) in [7, 11) is 0. The van der Waals surface area contributed by atoms with Crippen LogP contribution in [0, 0.1) is 0 Å². The van der Waals surface area contributed by atoms with E-state index in [-0.39, 0.29) is 5.91 Å². The molecule has 8 nitrogen and oxygen atoms in total. The second-order valence-electron chi connectivity index (χ2n) is 5.81. The number of pyridine rings is 1. The van der Waals surface area contributed by atoms with Gasteiger partial charge in [0.1, 0.15) is 25.4 Å². The Morgan fingerprint density at radius 2 is 2.04 bits per heavy atom. The second kappa shape index (κ2) is 6.36. The highest BCUT2D eigenvalue weighted by Crippen LogP contribution is 2.37. The lowest BCUT2D eigenvalue weighted by atomic mass is 10.2. The van der Waals surface area contributed by atoms with Gasteiger partial charge < -0.3 is 9.47 Å².